The number of esters is 1. The Bertz CT molecular complexity index is 1260. The molecule has 0 aliphatic rings. The minimum Gasteiger partial charge on any atom is -0.462 e. The number of benzene rings is 2. The van der Waals surface area contributed by atoms with Crippen LogP contribution in [0.1, 0.15) is 34.1 Å². The fraction of sp³-hybridized carbons (Fsp3) is 0.261. The quantitative estimate of drug-likeness (QED) is 0.466. The van der Waals surface area contributed by atoms with Gasteiger partial charge >= 0.3 is 5.97 Å². The number of nitrogens with zero attached hydrogens (tertiary/aromatic N) is 4. The molecule has 0 unspecified atom stereocenters. The average molecular weight is 406 g/mol. The Balaban J connectivity index is 1.63. The van der Waals surface area contributed by atoms with Gasteiger partial charge in [-0.2, -0.15) is 10.2 Å². The highest BCUT2D eigenvalue weighted by molar-refractivity contribution is 5.91. The summed E-state index contributed by atoms with van der Waals surface area (Å²) in [6.07, 6.45) is 2.04. The third-order valence-electron chi connectivity index (χ3n) is 5.21. The van der Waals surface area contributed by atoms with Gasteiger partial charge in [0.1, 0.15) is 5.82 Å². The second kappa shape index (κ2) is 7.74. The smallest absolute Gasteiger partial charge is 0.338 e. The SMILES string of the molecule is CCOC(=O)c1ccc(-c2cc(Cc3cc(F)c4cnn(C)c4c3)nn2C)cc1C. The predicted octanol–water partition coefficient (Wildman–Crippen LogP) is 4.19. The number of carbonyl (C=O) groups excluding carboxylic acids is 1. The molecule has 2 aromatic heterocycles. The molecule has 6 nitrogen and oxygen atoms in total. The zero-order valence-electron chi connectivity index (χ0n) is 17.4. The minimum absolute atomic E-state index is 0.281. The lowest BCUT2D eigenvalue weighted by Gasteiger charge is -2.08. The Hall–Kier alpha value is -3.48. The maximum atomic E-state index is 14.4. The van der Waals surface area contributed by atoms with Gasteiger partial charge in [0.15, 0.2) is 0 Å². The number of aromatic nitrogens is 4. The number of hydrogen-bond acceptors (Lipinski definition) is 4. The number of ether oxygens (including phenoxy) is 1. The van der Waals surface area contributed by atoms with E-state index in [0.717, 1.165) is 33.6 Å². The lowest BCUT2D eigenvalue weighted by atomic mass is 10.0. The summed E-state index contributed by atoms with van der Waals surface area (Å²) in [5.74, 6) is -0.600. The van der Waals surface area contributed by atoms with Crippen LogP contribution >= 0.6 is 0 Å². The van der Waals surface area contributed by atoms with Gasteiger partial charge < -0.3 is 4.74 Å². The summed E-state index contributed by atoms with van der Waals surface area (Å²) in [6.45, 7) is 4.02. The molecule has 7 heteroatoms. The molecule has 154 valence electrons. The van der Waals surface area contributed by atoms with Crippen molar-refractivity contribution in [2.45, 2.75) is 20.3 Å². The summed E-state index contributed by atoms with van der Waals surface area (Å²) in [7, 11) is 3.67. The molecule has 4 aromatic rings. The van der Waals surface area contributed by atoms with E-state index >= 15 is 0 Å². The van der Waals surface area contributed by atoms with Crippen LogP contribution in [-0.4, -0.2) is 32.1 Å². The summed E-state index contributed by atoms with van der Waals surface area (Å²) < 4.78 is 23.0. The van der Waals surface area contributed by atoms with Gasteiger partial charge in [0, 0.05) is 26.1 Å². The van der Waals surface area contributed by atoms with Crippen molar-refractivity contribution in [3.05, 3.63) is 70.8 Å². The molecule has 0 atom stereocenters. The summed E-state index contributed by atoms with van der Waals surface area (Å²) in [4.78, 5) is 12.0. The number of hydrogen-bond donors (Lipinski definition) is 0. The molecular weight excluding hydrogens is 383 g/mol. The standard InChI is InChI=1S/C23H23FN4O2/c1-5-30-23(29)18-7-6-16(8-14(18)2)21-12-17(26-28(21)4)9-15-10-20(24)19-13-25-27(3)22(19)11-15/h6-8,10-13H,5,9H2,1-4H3. The number of rotatable bonds is 5. The van der Waals surface area contributed by atoms with Crippen LogP contribution in [0.5, 0.6) is 0 Å². The van der Waals surface area contributed by atoms with Gasteiger partial charge in [0.2, 0.25) is 0 Å². The molecule has 0 spiro atoms. The van der Waals surface area contributed by atoms with Crippen molar-refractivity contribution in [3.63, 3.8) is 0 Å². The molecule has 0 amide bonds. The lowest BCUT2D eigenvalue weighted by molar-refractivity contribution is 0.0525. The van der Waals surface area contributed by atoms with E-state index in [0.29, 0.717) is 24.0 Å². The van der Waals surface area contributed by atoms with Crippen LogP contribution in [0.25, 0.3) is 22.2 Å². The molecule has 0 saturated heterocycles. The Morgan fingerprint density at radius 3 is 2.67 bits per heavy atom. The van der Waals surface area contributed by atoms with Crippen molar-refractivity contribution in [2.75, 3.05) is 6.61 Å². The van der Waals surface area contributed by atoms with Crippen LogP contribution in [0, 0.1) is 12.7 Å². The van der Waals surface area contributed by atoms with Crippen molar-refractivity contribution in [1.29, 1.82) is 0 Å². The maximum Gasteiger partial charge on any atom is 0.338 e. The molecule has 2 heterocycles. The van der Waals surface area contributed by atoms with Crippen LogP contribution in [0.15, 0.2) is 42.6 Å². The fourth-order valence-corrected chi connectivity index (χ4v) is 3.72. The van der Waals surface area contributed by atoms with E-state index in [9.17, 15) is 9.18 Å². The third-order valence-corrected chi connectivity index (χ3v) is 5.21. The molecule has 4 rings (SSSR count). The zero-order valence-corrected chi connectivity index (χ0v) is 17.4. The fourth-order valence-electron chi connectivity index (χ4n) is 3.72. The largest absolute Gasteiger partial charge is 0.462 e. The van der Waals surface area contributed by atoms with Crippen molar-refractivity contribution in [3.8, 4) is 11.3 Å². The van der Waals surface area contributed by atoms with Crippen LogP contribution in [0.3, 0.4) is 0 Å². The first-order valence-electron chi connectivity index (χ1n) is 9.78. The molecule has 30 heavy (non-hydrogen) atoms. The average Bonchev–Trinajstić information content (AvgIpc) is 3.25. The summed E-state index contributed by atoms with van der Waals surface area (Å²) >= 11 is 0. The predicted molar refractivity (Wildman–Crippen MR) is 113 cm³/mol. The van der Waals surface area contributed by atoms with Gasteiger partial charge in [-0.1, -0.05) is 6.07 Å². The molecule has 0 fully saturated rings. The molecule has 0 radical (unpaired) electrons. The van der Waals surface area contributed by atoms with Crippen molar-refractivity contribution >= 4 is 16.9 Å². The maximum absolute atomic E-state index is 14.4. The van der Waals surface area contributed by atoms with Gasteiger partial charge in [-0.25, -0.2) is 9.18 Å². The van der Waals surface area contributed by atoms with Crippen molar-refractivity contribution < 1.29 is 13.9 Å². The molecule has 2 aromatic carbocycles. The van der Waals surface area contributed by atoms with Gasteiger partial charge in [0.05, 0.1) is 40.7 Å². The highest BCUT2D eigenvalue weighted by atomic mass is 19.1. The van der Waals surface area contributed by atoms with E-state index in [2.05, 4.69) is 10.2 Å². The van der Waals surface area contributed by atoms with E-state index < -0.39 is 0 Å². The Morgan fingerprint density at radius 1 is 1.13 bits per heavy atom. The molecule has 0 saturated carbocycles. The molecule has 0 aliphatic carbocycles. The van der Waals surface area contributed by atoms with E-state index in [4.69, 9.17) is 4.74 Å². The second-order valence-corrected chi connectivity index (χ2v) is 7.35. The van der Waals surface area contributed by atoms with Crippen LogP contribution in [-0.2, 0) is 25.3 Å². The third kappa shape index (κ3) is 3.58. The highest BCUT2D eigenvalue weighted by Crippen LogP contribution is 2.26. The van der Waals surface area contributed by atoms with Gasteiger partial charge in [-0.05, 0) is 55.3 Å². The van der Waals surface area contributed by atoms with Crippen molar-refractivity contribution in [2.24, 2.45) is 14.1 Å². The van der Waals surface area contributed by atoms with Crippen LogP contribution in [0.2, 0.25) is 0 Å². The Morgan fingerprint density at radius 2 is 1.93 bits per heavy atom. The normalized spacial score (nSPS) is 11.2. The van der Waals surface area contributed by atoms with E-state index in [1.165, 1.54) is 12.3 Å². The first-order chi connectivity index (χ1) is 14.4. The van der Waals surface area contributed by atoms with Crippen LogP contribution in [0.4, 0.5) is 4.39 Å². The Labute approximate surface area is 173 Å². The number of halogens is 1. The summed E-state index contributed by atoms with van der Waals surface area (Å²) in [5, 5.41) is 9.24. The molecule has 0 bridgehead atoms. The number of aryl methyl sites for hydroxylation is 3. The Kier molecular flexibility index (Phi) is 5.11. The molecule has 0 N–H and O–H groups in total. The first-order valence-corrected chi connectivity index (χ1v) is 9.78. The van der Waals surface area contributed by atoms with E-state index in [1.807, 2.05) is 38.2 Å². The van der Waals surface area contributed by atoms with E-state index in [1.54, 1.807) is 29.4 Å². The molecular formula is C23H23FN4O2. The minimum atomic E-state index is -0.320. The number of fused-ring (bicyclic) bond motifs is 1. The van der Waals surface area contributed by atoms with E-state index in [-0.39, 0.29) is 11.8 Å². The monoisotopic (exact) mass is 406 g/mol. The summed E-state index contributed by atoms with van der Waals surface area (Å²) in [6, 6.07) is 11.1. The lowest BCUT2D eigenvalue weighted by Crippen LogP contribution is -2.06. The second-order valence-electron chi connectivity index (χ2n) is 7.35. The van der Waals surface area contributed by atoms with Gasteiger partial charge in [-0.15, -0.1) is 0 Å². The summed E-state index contributed by atoms with van der Waals surface area (Å²) in [5.41, 5.74) is 5.70. The molecule has 0 aliphatic heterocycles. The topological polar surface area (TPSA) is 61.9 Å². The van der Waals surface area contributed by atoms with Crippen LogP contribution < -0.4 is 0 Å². The van der Waals surface area contributed by atoms with Gasteiger partial charge in [-0.3, -0.25) is 9.36 Å². The zero-order chi connectivity index (χ0) is 21.4. The number of carbonyl (C=O) groups is 1. The highest BCUT2D eigenvalue weighted by Gasteiger charge is 2.15. The van der Waals surface area contributed by atoms with Gasteiger partial charge in [0.25, 0.3) is 0 Å². The van der Waals surface area contributed by atoms with Crippen molar-refractivity contribution in [1.82, 2.24) is 19.6 Å². The first kappa shape index (κ1) is 19.8.